The number of rotatable bonds is 4. The van der Waals surface area contributed by atoms with Crippen LogP contribution in [0.5, 0.6) is 0 Å². The van der Waals surface area contributed by atoms with Gasteiger partial charge in [0, 0.05) is 16.1 Å². The lowest BCUT2D eigenvalue weighted by Crippen LogP contribution is -2.13. The van der Waals surface area contributed by atoms with Gasteiger partial charge in [0.15, 0.2) is 0 Å². The predicted molar refractivity (Wildman–Crippen MR) is 78.7 cm³/mol. The maximum absolute atomic E-state index is 12.3. The van der Waals surface area contributed by atoms with E-state index in [1.165, 1.54) is 0 Å². The second-order valence-corrected chi connectivity index (χ2v) is 5.75. The Labute approximate surface area is 124 Å². The van der Waals surface area contributed by atoms with Gasteiger partial charge in [0.25, 0.3) is 5.91 Å². The summed E-state index contributed by atoms with van der Waals surface area (Å²) in [7, 11) is 0. The van der Waals surface area contributed by atoms with Crippen LogP contribution < -0.4 is 5.32 Å². The van der Waals surface area contributed by atoms with Gasteiger partial charge in [-0.3, -0.25) is 4.79 Å². The first-order valence-corrected chi connectivity index (χ1v) is 7.26. The molecule has 1 aliphatic rings. The standard InChI is InChI=1S/C15H14BrNO3/c16-13-4-3-11(7-10(13)8-18)17-15(19)12-5-6-20-14(12)9-1-2-9/h3-7,9,18H,1-2,8H2,(H,17,19). The summed E-state index contributed by atoms with van der Waals surface area (Å²) in [6, 6.07) is 7.05. The van der Waals surface area contributed by atoms with Crippen LogP contribution in [0.25, 0.3) is 0 Å². The van der Waals surface area contributed by atoms with Crippen molar-refractivity contribution in [1.29, 1.82) is 0 Å². The molecule has 0 unspecified atom stereocenters. The minimum Gasteiger partial charge on any atom is -0.468 e. The normalized spacial score (nSPS) is 14.3. The second-order valence-electron chi connectivity index (χ2n) is 4.89. The molecule has 0 aliphatic heterocycles. The highest BCUT2D eigenvalue weighted by atomic mass is 79.9. The Morgan fingerprint density at radius 3 is 2.90 bits per heavy atom. The topological polar surface area (TPSA) is 62.5 Å². The number of aliphatic hydroxyl groups excluding tert-OH is 1. The summed E-state index contributed by atoms with van der Waals surface area (Å²) in [6.45, 7) is -0.0800. The molecule has 5 heteroatoms. The van der Waals surface area contributed by atoms with E-state index in [0.29, 0.717) is 17.2 Å². The van der Waals surface area contributed by atoms with E-state index in [0.717, 1.165) is 28.6 Å². The Hall–Kier alpha value is -1.59. The number of halogens is 1. The van der Waals surface area contributed by atoms with E-state index in [1.807, 2.05) is 0 Å². The lowest BCUT2D eigenvalue weighted by Gasteiger charge is -2.08. The fourth-order valence-corrected chi connectivity index (χ4v) is 2.51. The highest BCUT2D eigenvalue weighted by Crippen LogP contribution is 2.42. The van der Waals surface area contributed by atoms with E-state index in [-0.39, 0.29) is 12.5 Å². The molecule has 0 saturated heterocycles. The summed E-state index contributed by atoms with van der Waals surface area (Å²) in [4.78, 5) is 12.3. The zero-order valence-corrected chi connectivity index (χ0v) is 12.3. The quantitative estimate of drug-likeness (QED) is 0.896. The van der Waals surface area contributed by atoms with Gasteiger partial charge in [0.2, 0.25) is 0 Å². The van der Waals surface area contributed by atoms with E-state index in [9.17, 15) is 9.90 Å². The van der Waals surface area contributed by atoms with Crippen molar-refractivity contribution in [2.75, 3.05) is 5.32 Å². The van der Waals surface area contributed by atoms with Crippen LogP contribution in [0, 0.1) is 0 Å². The molecule has 4 nitrogen and oxygen atoms in total. The third-order valence-electron chi connectivity index (χ3n) is 3.36. The Morgan fingerprint density at radius 2 is 2.20 bits per heavy atom. The van der Waals surface area contributed by atoms with Crippen molar-refractivity contribution in [2.45, 2.75) is 25.4 Å². The fourth-order valence-electron chi connectivity index (χ4n) is 2.14. The first-order valence-electron chi connectivity index (χ1n) is 6.47. The third-order valence-corrected chi connectivity index (χ3v) is 4.14. The molecule has 2 aromatic rings. The molecule has 1 aromatic heterocycles. The largest absolute Gasteiger partial charge is 0.468 e. The van der Waals surface area contributed by atoms with Crippen LogP contribution in [0.15, 0.2) is 39.4 Å². The van der Waals surface area contributed by atoms with Crippen molar-refractivity contribution >= 4 is 27.5 Å². The molecule has 0 radical (unpaired) electrons. The first-order chi connectivity index (χ1) is 9.69. The number of carbonyl (C=O) groups excluding carboxylic acids is 1. The van der Waals surface area contributed by atoms with Gasteiger partial charge in [-0.1, -0.05) is 15.9 Å². The van der Waals surface area contributed by atoms with Crippen LogP contribution in [0.2, 0.25) is 0 Å². The van der Waals surface area contributed by atoms with Crippen LogP contribution in [-0.4, -0.2) is 11.0 Å². The molecule has 2 N–H and O–H groups in total. The second kappa shape index (κ2) is 5.42. The van der Waals surface area contributed by atoms with Gasteiger partial charge < -0.3 is 14.8 Å². The van der Waals surface area contributed by atoms with Crippen LogP contribution in [0.4, 0.5) is 5.69 Å². The Balaban J connectivity index is 1.80. The van der Waals surface area contributed by atoms with Crippen molar-refractivity contribution < 1.29 is 14.3 Å². The molecule has 0 bridgehead atoms. The van der Waals surface area contributed by atoms with Crippen LogP contribution in [-0.2, 0) is 6.61 Å². The van der Waals surface area contributed by atoms with Crippen molar-refractivity contribution in [2.24, 2.45) is 0 Å². The number of nitrogens with one attached hydrogen (secondary N) is 1. The lowest BCUT2D eigenvalue weighted by atomic mass is 10.1. The number of hydrogen-bond donors (Lipinski definition) is 2. The molecule has 1 aromatic carbocycles. The first kappa shape index (κ1) is 13.4. The number of aliphatic hydroxyl groups is 1. The van der Waals surface area contributed by atoms with Gasteiger partial charge in [-0.05, 0) is 42.7 Å². The Morgan fingerprint density at radius 1 is 1.40 bits per heavy atom. The zero-order chi connectivity index (χ0) is 14.1. The third kappa shape index (κ3) is 2.64. The van der Waals surface area contributed by atoms with E-state index in [1.54, 1.807) is 30.5 Å². The number of benzene rings is 1. The van der Waals surface area contributed by atoms with Gasteiger partial charge in [-0.25, -0.2) is 0 Å². The van der Waals surface area contributed by atoms with E-state index in [2.05, 4.69) is 21.2 Å². The smallest absolute Gasteiger partial charge is 0.259 e. The molecule has 1 fully saturated rings. The molecule has 1 saturated carbocycles. The molecule has 3 rings (SSSR count). The van der Waals surface area contributed by atoms with Gasteiger partial charge in [-0.2, -0.15) is 0 Å². The lowest BCUT2D eigenvalue weighted by molar-refractivity contribution is 0.102. The molecular formula is C15H14BrNO3. The fraction of sp³-hybridized carbons (Fsp3) is 0.267. The van der Waals surface area contributed by atoms with Crippen molar-refractivity contribution in [3.05, 3.63) is 51.9 Å². The Bertz CT molecular complexity index is 646. The van der Waals surface area contributed by atoms with Gasteiger partial charge >= 0.3 is 0 Å². The number of amides is 1. The maximum atomic E-state index is 12.3. The minimum absolute atomic E-state index is 0.0800. The Kier molecular flexibility index (Phi) is 3.63. The summed E-state index contributed by atoms with van der Waals surface area (Å²) >= 11 is 3.35. The number of carbonyl (C=O) groups is 1. The molecule has 1 heterocycles. The number of furan rings is 1. The maximum Gasteiger partial charge on any atom is 0.259 e. The van der Waals surface area contributed by atoms with Crippen LogP contribution in [0.3, 0.4) is 0 Å². The monoisotopic (exact) mass is 335 g/mol. The predicted octanol–water partition coefficient (Wildman–Crippen LogP) is 3.66. The summed E-state index contributed by atoms with van der Waals surface area (Å²) in [5.74, 6) is 0.998. The number of hydrogen-bond acceptors (Lipinski definition) is 3. The van der Waals surface area contributed by atoms with Crippen molar-refractivity contribution in [1.82, 2.24) is 0 Å². The molecular weight excluding hydrogens is 322 g/mol. The zero-order valence-electron chi connectivity index (χ0n) is 10.7. The minimum atomic E-state index is -0.174. The van der Waals surface area contributed by atoms with E-state index in [4.69, 9.17) is 4.42 Å². The molecule has 0 spiro atoms. The van der Waals surface area contributed by atoms with Crippen LogP contribution >= 0.6 is 15.9 Å². The van der Waals surface area contributed by atoms with Gasteiger partial charge in [0.1, 0.15) is 5.76 Å². The summed E-state index contributed by atoms with van der Waals surface area (Å²) < 4.78 is 6.22. The van der Waals surface area contributed by atoms with Crippen molar-refractivity contribution in [3.8, 4) is 0 Å². The average Bonchev–Trinajstić information content (AvgIpc) is 3.18. The molecule has 1 aliphatic carbocycles. The summed E-state index contributed by atoms with van der Waals surface area (Å²) in [5.41, 5.74) is 1.99. The highest BCUT2D eigenvalue weighted by Gasteiger charge is 2.31. The average molecular weight is 336 g/mol. The van der Waals surface area contributed by atoms with Gasteiger partial charge in [0.05, 0.1) is 18.4 Å². The van der Waals surface area contributed by atoms with Crippen molar-refractivity contribution in [3.63, 3.8) is 0 Å². The molecule has 1 amide bonds. The van der Waals surface area contributed by atoms with E-state index >= 15 is 0 Å². The SMILES string of the molecule is O=C(Nc1ccc(Br)c(CO)c1)c1ccoc1C1CC1. The summed E-state index contributed by atoms with van der Waals surface area (Å²) in [6.07, 6.45) is 3.73. The molecule has 104 valence electrons. The molecule has 0 atom stereocenters. The van der Waals surface area contributed by atoms with Gasteiger partial charge in [-0.15, -0.1) is 0 Å². The highest BCUT2D eigenvalue weighted by molar-refractivity contribution is 9.10. The van der Waals surface area contributed by atoms with Crippen LogP contribution in [0.1, 0.15) is 40.4 Å². The molecule has 20 heavy (non-hydrogen) atoms. The number of anilines is 1. The van der Waals surface area contributed by atoms with E-state index < -0.39 is 0 Å². The summed E-state index contributed by atoms with van der Waals surface area (Å²) in [5, 5.41) is 12.1.